The summed E-state index contributed by atoms with van der Waals surface area (Å²) >= 11 is 0. The van der Waals surface area contributed by atoms with Gasteiger partial charge in [0.15, 0.2) is 0 Å². The number of amides is 1. The molecule has 182 valence electrons. The van der Waals surface area contributed by atoms with Crippen LogP contribution in [0.2, 0.25) is 0 Å². The van der Waals surface area contributed by atoms with Gasteiger partial charge in [-0.1, -0.05) is 13.8 Å². The first-order valence-electron chi connectivity index (χ1n) is 11.3. The summed E-state index contributed by atoms with van der Waals surface area (Å²) in [7, 11) is -2.52. The van der Waals surface area contributed by atoms with Crippen molar-refractivity contribution in [2.24, 2.45) is 0 Å². The molecule has 10 heteroatoms. The molecule has 0 spiro atoms. The van der Waals surface area contributed by atoms with Crippen molar-refractivity contribution < 1.29 is 17.9 Å². The fourth-order valence-electron chi connectivity index (χ4n) is 4.13. The molecule has 0 saturated carbocycles. The molecule has 3 aromatic rings. The molecule has 0 atom stereocenters. The highest BCUT2D eigenvalue weighted by atomic mass is 32.2. The normalized spacial score (nSPS) is 14.8. The largest absolute Gasteiger partial charge is 0.378 e. The molecule has 1 aliphatic rings. The number of hydrogen-bond donors (Lipinski definition) is 2. The number of aromatic amines is 1. The first kappa shape index (κ1) is 24.2. The minimum Gasteiger partial charge on any atom is -0.378 e. The Morgan fingerprint density at radius 2 is 1.97 bits per heavy atom. The Morgan fingerprint density at radius 1 is 1.24 bits per heavy atom. The summed E-state index contributed by atoms with van der Waals surface area (Å²) in [4.78, 5) is 15.1. The number of rotatable bonds is 7. The number of aromatic nitrogens is 2. The molecule has 1 aromatic heterocycles. The number of likely N-dealkylation sites (N-methyl/N-ethyl adjacent to an activating group) is 1. The lowest BCUT2D eigenvalue weighted by atomic mass is 10.0. The summed E-state index contributed by atoms with van der Waals surface area (Å²) in [5.74, 6) is -0.268. The summed E-state index contributed by atoms with van der Waals surface area (Å²) in [6.07, 6.45) is 1.61. The van der Waals surface area contributed by atoms with Crippen molar-refractivity contribution in [2.45, 2.75) is 31.6 Å². The molecule has 4 rings (SSSR count). The van der Waals surface area contributed by atoms with Crippen LogP contribution in [0.5, 0.6) is 0 Å². The zero-order valence-electron chi connectivity index (χ0n) is 20.0. The predicted octanol–water partition coefficient (Wildman–Crippen LogP) is 3.09. The Bertz CT molecular complexity index is 1300. The van der Waals surface area contributed by atoms with E-state index in [-0.39, 0.29) is 17.4 Å². The summed E-state index contributed by atoms with van der Waals surface area (Å²) < 4.78 is 33.2. The monoisotopic (exact) mass is 485 g/mol. The van der Waals surface area contributed by atoms with E-state index in [1.54, 1.807) is 12.3 Å². The number of aryl methyl sites for hydroxylation is 1. The van der Waals surface area contributed by atoms with E-state index in [0.717, 1.165) is 39.6 Å². The Hall–Kier alpha value is -2.95. The van der Waals surface area contributed by atoms with E-state index in [0.29, 0.717) is 24.4 Å². The minimum atomic E-state index is -3.93. The third kappa shape index (κ3) is 4.94. The van der Waals surface area contributed by atoms with Crippen molar-refractivity contribution in [1.82, 2.24) is 14.5 Å². The molecular weight excluding hydrogens is 454 g/mol. The second-order valence-electron chi connectivity index (χ2n) is 8.92. The van der Waals surface area contributed by atoms with Gasteiger partial charge < -0.3 is 15.0 Å². The van der Waals surface area contributed by atoms with Crippen molar-refractivity contribution in [3.8, 4) is 0 Å². The van der Waals surface area contributed by atoms with Gasteiger partial charge >= 0.3 is 0 Å². The molecule has 2 N–H and O–H groups in total. The van der Waals surface area contributed by atoms with E-state index in [1.807, 2.05) is 45.0 Å². The number of carbonyl (C=O) groups excluding carboxylic acids is 1. The van der Waals surface area contributed by atoms with Crippen LogP contribution >= 0.6 is 0 Å². The van der Waals surface area contributed by atoms with Gasteiger partial charge in [0, 0.05) is 36.9 Å². The second kappa shape index (κ2) is 9.73. The smallest absolute Gasteiger partial charge is 0.245 e. The molecule has 2 aromatic carbocycles. The number of ether oxygens (including phenoxy) is 1. The fourth-order valence-corrected chi connectivity index (χ4v) is 5.46. The maximum atomic E-state index is 13.4. The summed E-state index contributed by atoms with van der Waals surface area (Å²) in [5, 5.41) is 10.3. The van der Waals surface area contributed by atoms with E-state index < -0.39 is 15.9 Å². The molecule has 1 aliphatic heterocycles. The van der Waals surface area contributed by atoms with Gasteiger partial charge in [0.1, 0.15) is 4.90 Å². The van der Waals surface area contributed by atoms with E-state index in [4.69, 9.17) is 4.74 Å². The quantitative estimate of drug-likeness (QED) is 0.533. The van der Waals surface area contributed by atoms with E-state index in [2.05, 4.69) is 20.4 Å². The molecule has 0 radical (unpaired) electrons. The highest BCUT2D eigenvalue weighted by molar-refractivity contribution is 7.89. The van der Waals surface area contributed by atoms with E-state index >= 15 is 0 Å². The summed E-state index contributed by atoms with van der Waals surface area (Å²) in [5.41, 5.74) is 4.10. The fraction of sp³-hybridized carbons (Fsp3) is 0.417. The molecular formula is C24H31N5O4S. The number of fused-ring (bicyclic) bond motifs is 1. The van der Waals surface area contributed by atoms with Crippen LogP contribution in [0.1, 0.15) is 30.9 Å². The average Bonchev–Trinajstić information content (AvgIpc) is 3.27. The summed E-state index contributed by atoms with van der Waals surface area (Å²) in [6.45, 7) is 8.74. The predicted molar refractivity (Wildman–Crippen MR) is 133 cm³/mol. The molecule has 0 unspecified atom stereocenters. The topological polar surface area (TPSA) is 108 Å². The van der Waals surface area contributed by atoms with Gasteiger partial charge in [0.2, 0.25) is 15.9 Å². The minimum absolute atomic E-state index is 0.118. The van der Waals surface area contributed by atoms with Crippen molar-refractivity contribution in [1.29, 1.82) is 0 Å². The summed E-state index contributed by atoms with van der Waals surface area (Å²) in [6, 6.07) is 9.30. The van der Waals surface area contributed by atoms with Gasteiger partial charge in [0.25, 0.3) is 0 Å². The molecule has 9 nitrogen and oxygen atoms in total. The zero-order chi connectivity index (χ0) is 24.5. The average molecular weight is 486 g/mol. The molecule has 2 heterocycles. The third-order valence-corrected chi connectivity index (χ3v) is 7.92. The first-order chi connectivity index (χ1) is 16.2. The molecule has 1 amide bonds. The van der Waals surface area contributed by atoms with Crippen LogP contribution in [0.25, 0.3) is 10.9 Å². The van der Waals surface area contributed by atoms with Gasteiger partial charge in [-0.05, 0) is 54.3 Å². The van der Waals surface area contributed by atoms with Crippen LogP contribution in [0, 0.1) is 6.92 Å². The lowest BCUT2D eigenvalue weighted by molar-refractivity contribution is -0.116. The zero-order valence-corrected chi connectivity index (χ0v) is 20.8. The second-order valence-corrected chi connectivity index (χ2v) is 10.9. The highest BCUT2D eigenvalue weighted by Crippen LogP contribution is 2.29. The lowest BCUT2D eigenvalue weighted by Crippen LogP contribution is -2.36. The molecule has 34 heavy (non-hydrogen) atoms. The van der Waals surface area contributed by atoms with Crippen molar-refractivity contribution in [3.05, 3.63) is 47.7 Å². The van der Waals surface area contributed by atoms with Crippen LogP contribution in [0.15, 0.2) is 41.4 Å². The Morgan fingerprint density at radius 3 is 2.65 bits per heavy atom. The van der Waals surface area contributed by atoms with E-state index in [9.17, 15) is 13.2 Å². The van der Waals surface area contributed by atoms with Gasteiger partial charge in [-0.25, -0.2) is 8.42 Å². The number of carbonyl (C=O) groups is 1. The maximum Gasteiger partial charge on any atom is 0.245 e. The Kier molecular flexibility index (Phi) is 6.92. The van der Waals surface area contributed by atoms with Crippen LogP contribution in [0.3, 0.4) is 0 Å². The van der Waals surface area contributed by atoms with Gasteiger partial charge in [0.05, 0.1) is 31.5 Å². The number of benzene rings is 2. The van der Waals surface area contributed by atoms with Gasteiger partial charge in [-0.2, -0.15) is 9.40 Å². The number of anilines is 2. The van der Waals surface area contributed by atoms with Crippen LogP contribution in [-0.2, 0) is 19.6 Å². The number of nitrogens with one attached hydrogen (secondary N) is 2. The number of H-pyrrole nitrogens is 1. The molecule has 1 saturated heterocycles. The van der Waals surface area contributed by atoms with Crippen molar-refractivity contribution in [3.63, 3.8) is 0 Å². The number of sulfonamides is 1. The Balaban J connectivity index is 1.49. The first-order valence-corrected chi connectivity index (χ1v) is 12.8. The van der Waals surface area contributed by atoms with Gasteiger partial charge in [-0.3, -0.25) is 9.89 Å². The maximum absolute atomic E-state index is 13.4. The SMILES string of the molecule is Cc1cc(NC(=O)CN(C)S(=O)(=O)c2cc(C(C)C)cc3cn[nH]c23)ccc1N1CCOCC1. The highest BCUT2D eigenvalue weighted by Gasteiger charge is 2.27. The third-order valence-electron chi connectivity index (χ3n) is 6.09. The van der Waals surface area contributed by atoms with Crippen molar-refractivity contribution >= 4 is 38.2 Å². The number of hydrogen-bond acceptors (Lipinski definition) is 6. The molecule has 1 fully saturated rings. The molecule has 0 aliphatic carbocycles. The Labute approximate surface area is 200 Å². The number of morpholine rings is 1. The number of nitrogens with zero attached hydrogens (tertiary/aromatic N) is 3. The van der Waals surface area contributed by atoms with Crippen molar-refractivity contribution in [2.75, 3.05) is 50.1 Å². The standard InChI is InChI=1S/C24H31N5O4S/c1-16(2)18-12-19-14-25-27-24(19)22(13-18)34(31,32)28(4)15-23(30)26-20-5-6-21(17(3)11-20)29-7-9-33-10-8-29/h5-6,11-14,16H,7-10,15H2,1-4H3,(H,25,27)(H,26,30). The van der Waals surface area contributed by atoms with Crippen LogP contribution in [-0.4, -0.2) is 68.7 Å². The lowest BCUT2D eigenvalue weighted by Gasteiger charge is -2.30. The van der Waals surface area contributed by atoms with Crippen LogP contribution in [0.4, 0.5) is 11.4 Å². The van der Waals surface area contributed by atoms with Crippen LogP contribution < -0.4 is 10.2 Å². The van der Waals surface area contributed by atoms with E-state index in [1.165, 1.54) is 7.05 Å². The van der Waals surface area contributed by atoms with Gasteiger partial charge in [-0.15, -0.1) is 0 Å². The molecule has 0 bridgehead atoms.